The van der Waals surface area contributed by atoms with E-state index in [2.05, 4.69) is 26.2 Å². The molecule has 0 atom stereocenters. The van der Waals surface area contributed by atoms with E-state index in [1.165, 1.54) is 11.3 Å². The lowest BCUT2D eigenvalue weighted by molar-refractivity contribution is 0.328. The third-order valence-corrected chi connectivity index (χ3v) is 3.42. The summed E-state index contributed by atoms with van der Waals surface area (Å²) in [5.74, 6) is 0.802. The molecule has 0 aliphatic heterocycles. The molecule has 0 bridgehead atoms. The van der Waals surface area contributed by atoms with Gasteiger partial charge in [0.15, 0.2) is 5.13 Å². The Labute approximate surface area is 112 Å². The van der Waals surface area contributed by atoms with E-state index in [1.807, 2.05) is 29.6 Å². The Morgan fingerprint density at radius 1 is 1.47 bits per heavy atom. The molecular formula is C11H12BrN3OS. The second kappa shape index (κ2) is 6.00. The summed E-state index contributed by atoms with van der Waals surface area (Å²) in [7, 11) is 0. The summed E-state index contributed by atoms with van der Waals surface area (Å²) in [6.07, 6.45) is 0. The van der Waals surface area contributed by atoms with Crippen LogP contribution in [0.5, 0.6) is 5.75 Å². The largest absolute Gasteiger partial charge is 0.492 e. The van der Waals surface area contributed by atoms with Crippen molar-refractivity contribution in [2.24, 2.45) is 5.73 Å². The number of rotatable bonds is 5. The number of thiazole rings is 1. The lowest BCUT2D eigenvalue weighted by Gasteiger charge is -2.07. The van der Waals surface area contributed by atoms with Gasteiger partial charge in [-0.25, -0.2) is 4.98 Å². The van der Waals surface area contributed by atoms with Crippen molar-refractivity contribution < 1.29 is 4.74 Å². The molecule has 2 rings (SSSR count). The zero-order valence-corrected chi connectivity index (χ0v) is 11.4. The first-order chi connectivity index (χ1) is 8.28. The van der Waals surface area contributed by atoms with Crippen LogP contribution in [0, 0.1) is 0 Å². The van der Waals surface area contributed by atoms with Crippen LogP contribution in [0.3, 0.4) is 0 Å². The average Bonchev–Trinajstić information content (AvgIpc) is 2.73. The topological polar surface area (TPSA) is 60.2 Å². The van der Waals surface area contributed by atoms with Crippen molar-refractivity contribution in [1.82, 2.24) is 4.98 Å². The normalized spacial score (nSPS) is 10.2. The van der Waals surface area contributed by atoms with Gasteiger partial charge in [0.2, 0.25) is 0 Å². The van der Waals surface area contributed by atoms with Crippen LogP contribution in [0.25, 0.3) is 0 Å². The van der Waals surface area contributed by atoms with Gasteiger partial charge in [-0.1, -0.05) is 6.07 Å². The quantitative estimate of drug-likeness (QED) is 0.891. The fraction of sp³-hybridized carbons (Fsp3) is 0.182. The molecule has 0 saturated heterocycles. The number of benzene rings is 1. The lowest BCUT2D eigenvalue weighted by atomic mass is 10.3. The van der Waals surface area contributed by atoms with E-state index in [4.69, 9.17) is 10.5 Å². The molecule has 2 aromatic rings. The first-order valence-electron chi connectivity index (χ1n) is 5.09. The third-order valence-electron chi connectivity index (χ3n) is 1.95. The second-order valence-electron chi connectivity index (χ2n) is 3.27. The zero-order valence-electron chi connectivity index (χ0n) is 9.02. The maximum atomic E-state index is 5.45. The number of nitrogens with one attached hydrogen (secondary N) is 1. The highest BCUT2D eigenvalue weighted by molar-refractivity contribution is 9.10. The number of nitrogens with two attached hydrogens (primary N) is 1. The number of hydrogen-bond acceptors (Lipinski definition) is 5. The SMILES string of the molecule is NCCOc1cccc(Nc2nc(Br)cs2)c1. The molecule has 6 heteroatoms. The van der Waals surface area contributed by atoms with Crippen LogP contribution in [0.1, 0.15) is 0 Å². The number of halogens is 1. The lowest BCUT2D eigenvalue weighted by Crippen LogP contribution is -2.10. The Balaban J connectivity index is 2.05. The molecule has 1 aromatic heterocycles. The summed E-state index contributed by atoms with van der Waals surface area (Å²) in [4.78, 5) is 4.26. The fourth-order valence-corrected chi connectivity index (χ4v) is 2.44. The number of anilines is 2. The molecule has 0 aliphatic carbocycles. The van der Waals surface area contributed by atoms with Crippen molar-refractivity contribution in [3.63, 3.8) is 0 Å². The van der Waals surface area contributed by atoms with Gasteiger partial charge in [0.1, 0.15) is 17.0 Å². The molecule has 0 radical (unpaired) electrons. The van der Waals surface area contributed by atoms with Crippen LogP contribution >= 0.6 is 27.3 Å². The molecule has 17 heavy (non-hydrogen) atoms. The van der Waals surface area contributed by atoms with Gasteiger partial charge in [-0.15, -0.1) is 11.3 Å². The summed E-state index contributed by atoms with van der Waals surface area (Å²) in [6.45, 7) is 1.03. The van der Waals surface area contributed by atoms with Crippen molar-refractivity contribution in [3.8, 4) is 5.75 Å². The first-order valence-corrected chi connectivity index (χ1v) is 6.76. The molecule has 0 spiro atoms. The Morgan fingerprint density at radius 2 is 2.35 bits per heavy atom. The Morgan fingerprint density at radius 3 is 3.06 bits per heavy atom. The summed E-state index contributed by atoms with van der Waals surface area (Å²) in [5.41, 5.74) is 6.33. The molecule has 0 unspecified atom stereocenters. The summed E-state index contributed by atoms with van der Waals surface area (Å²) < 4.78 is 6.28. The summed E-state index contributed by atoms with van der Waals surface area (Å²) in [5, 5.41) is 5.98. The Kier molecular flexibility index (Phi) is 4.36. The average molecular weight is 314 g/mol. The highest BCUT2D eigenvalue weighted by atomic mass is 79.9. The molecule has 90 valence electrons. The Bertz CT molecular complexity index is 489. The van der Waals surface area contributed by atoms with Gasteiger partial charge in [0.05, 0.1) is 0 Å². The van der Waals surface area contributed by atoms with Gasteiger partial charge in [0, 0.05) is 23.7 Å². The van der Waals surface area contributed by atoms with Gasteiger partial charge in [-0.2, -0.15) is 0 Å². The smallest absolute Gasteiger partial charge is 0.188 e. The van der Waals surface area contributed by atoms with Crippen LogP contribution < -0.4 is 15.8 Å². The molecule has 0 aliphatic rings. The van der Waals surface area contributed by atoms with Crippen LogP contribution in [0.2, 0.25) is 0 Å². The van der Waals surface area contributed by atoms with Crippen molar-refractivity contribution >= 4 is 38.1 Å². The van der Waals surface area contributed by atoms with Crippen LogP contribution in [0.4, 0.5) is 10.8 Å². The van der Waals surface area contributed by atoms with E-state index in [0.29, 0.717) is 13.2 Å². The van der Waals surface area contributed by atoms with E-state index >= 15 is 0 Å². The van der Waals surface area contributed by atoms with Crippen molar-refractivity contribution in [2.45, 2.75) is 0 Å². The number of aromatic nitrogens is 1. The maximum absolute atomic E-state index is 5.45. The second-order valence-corrected chi connectivity index (χ2v) is 4.94. The molecule has 1 heterocycles. The van der Waals surface area contributed by atoms with E-state index < -0.39 is 0 Å². The molecule has 4 nitrogen and oxygen atoms in total. The minimum atomic E-state index is 0.511. The third kappa shape index (κ3) is 3.69. The van der Waals surface area contributed by atoms with Crippen LogP contribution in [-0.2, 0) is 0 Å². The van der Waals surface area contributed by atoms with Crippen molar-refractivity contribution in [3.05, 3.63) is 34.2 Å². The maximum Gasteiger partial charge on any atom is 0.188 e. The molecule has 0 amide bonds. The highest BCUT2D eigenvalue weighted by Gasteiger charge is 2.01. The van der Waals surface area contributed by atoms with E-state index in [-0.39, 0.29) is 0 Å². The molecule has 3 N–H and O–H groups in total. The van der Waals surface area contributed by atoms with Gasteiger partial charge in [-0.05, 0) is 28.1 Å². The predicted octanol–water partition coefficient (Wildman–Crippen LogP) is 2.99. The number of nitrogens with zero attached hydrogens (tertiary/aromatic N) is 1. The van der Waals surface area contributed by atoms with Gasteiger partial charge < -0.3 is 15.8 Å². The van der Waals surface area contributed by atoms with Gasteiger partial charge in [-0.3, -0.25) is 0 Å². The Hall–Kier alpha value is -1.11. The molecular weight excluding hydrogens is 302 g/mol. The zero-order chi connectivity index (χ0) is 12.1. The molecule has 0 fully saturated rings. The van der Waals surface area contributed by atoms with E-state index in [0.717, 1.165) is 21.2 Å². The highest BCUT2D eigenvalue weighted by Crippen LogP contribution is 2.25. The molecule has 1 aromatic carbocycles. The number of ether oxygens (including phenoxy) is 1. The van der Waals surface area contributed by atoms with Gasteiger partial charge >= 0.3 is 0 Å². The first kappa shape index (κ1) is 12.3. The van der Waals surface area contributed by atoms with E-state index in [9.17, 15) is 0 Å². The summed E-state index contributed by atoms with van der Waals surface area (Å²) in [6, 6.07) is 7.71. The fourth-order valence-electron chi connectivity index (χ4n) is 1.28. The monoisotopic (exact) mass is 313 g/mol. The van der Waals surface area contributed by atoms with Crippen LogP contribution in [0.15, 0.2) is 34.2 Å². The molecule has 0 saturated carbocycles. The van der Waals surface area contributed by atoms with Gasteiger partial charge in [0.25, 0.3) is 0 Å². The standard InChI is InChI=1S/C11H12BrN3OS/c12-10-7-17-11(15-10)14-8-2-1-3-9(6-8)16-5-4-13/h1-3,6-7H,4-5,13H2,(H,14,15). The van der Waals surface area contributed by atoms with Crippen molar-refractivity contribution in [1.29, 1.82) is 0 Å². The number of hydrogen-bond donors (Lipinski definition) is 2. The predicted molar refractivity (Wildman–Crippen MR) is 74.1 cm³/mol. The minimum Gasteiger partial charge on any atom is -0.492 e. The van der Waals surface area contributed by atoms with Crippen LogP contribution in [-0.4, -0.2) is 18.1 Å². The minimum absolute atomic E-state index is 0.511. The van der Waals surface area contributed by atoms with Crippen molar-refractivity contribution in [2.75, 3.05) is 18.5 Å². The van der Waals surface area contributed by atoms with E-state index in [1.54, 1.807) is 0 Å². The summed E-state index contributed by atoms with van der Waals surface area (Å²) >= 11 is 4.85.